The second kappa shape index (κ2) is 8.36. The van der Waals surface area contributed by atoms with Crippen molar-refractivity contribution < 1.29 is 9.90 Å². The lowest BCUT2D eigenvalue weighted by molar-refractivity contribution is 0.188. The summed E-state index contributed by atoms with van der Waals surface area (Å²) in [6, 6.07) is 7.85. The largest absolute Gasteiger partial charge is 0.465 e. The fourth-order valence-electron chi connectivity index (χ4n) is 2.59. The third-order valence-corrected chi connectivity index (χ3v) is 3.92. The van der Waals surface area contributed by atoms with Crippen LogP contribution in [0.1, 0.15) is 56.5 Å². The molecule has 23 heavy (non-hydrogen) atoms. The number of aromatic amines is 1. The number of unbranched alkanes of at least 4 members (excludes halogenated alkanes) is 3. The Balaban J connectivity index is 2.09. The molecule has 124 valence electrons. The van der Waals surface area contributed by atoms with Gasteiger partial charge in [0, 0.05) is 11.8 Å². The van der Waals surface area contributed by atoms with Crippen molar-refractivity contribution in [2.45, 2.75) is 52.0 Å². The average Bonchev–Trinajstić information content (AvgIpc) is 3.00. The lowest BCUT2D eigenvalue weighted by atomic mass is 10.1. The molecule has 0 unspecified atom stereocenters. The number of amides is 1. The lowest BCUT2D eigenvalue weighted by Gasteiger charge is -2.14. The monoisotopic (exact) mass is 315 g/mol. The number of rotatable bonds is 8. The molecule has 1 heterocycles. The van der Waals surface area contributed by atoms with Crippen LogP contribution in [0.3, 0.4) is 0 Å². The topological polar surface area (TPSA) is 78.0 Å². The predicted octanol–water partition coefficient (Wildman–Crippen LogP) is 4.66. The van der Waals surface area contributed by atoms with Crippen LogP contribution in [0.15, 0.2) is 30.5 Å². The normalized spacial score (nSPS) is 12.1. The van der Waals surface area contributed by atoms with Gasteiger partial charge in [0.15, 0.2) is 0 Å². The Morgan fingerprint density at radius 3 is 2.65 bits per heavy atom. The first kappa shape index (κ1) is 17.1. The van der Waals surface area contributed by atoms with Crippen LogP contribution in [0.4, 0.5) is 4.79 Å². The van der Waals surface area contributed by atoms with Crippen molar-refractivity contribution in [3.05, 3.63) is 41.9 Å². The molecule has 1 aromatic carbocycles. The maximum absolute atomic E-state index is 11.0. The maximum atomic E-state index is 11.0. The van der Waals surface area contributed by atoms with Gasteiger partial charge in [-0.05, 0) is 13.3 Å². The lowest BCUT2D eigenvalue weighted by Crippen LogP contribution is -2.27. The molecule has 1 aromatic heterocycles. The van der Waals surface area contributed by atoms with Gasteiger partial charge in [-0.3, -0.25) is 0 Å². The van der Waals surface area contributed by atoms with Crippen molar-refractivity contribution in [3.8, 4) is 11.3 Å². The third-order valence-electron chi connectivity index (χ3n) is 3.92. The van der Waals surface area contributed by atoms with Gasteiger partial charge < -0.3 is 15.4 Å². The molecular formula is C18H25N3O2. The molecule has 0 saturated heterocycles. The Bertz CT molecular complexity index is 619. The molecule has 2 rings (SSSR count). The Kier molecular flexibility index (Phi) is 6.20. The summed E-state index contributed by atoms with van der Waals surface area (Å²) in [7, 11) is 0. The highest BCUT2D eigenvalue weighted by Crippen LogP contribution is 2.22. The van der Waals surface area contributed by atoms with E-state index in [1.54, 1.807) is 0 Å². The number of H-pyrrole nitrogens is 1. The molecule has 0 fully saturated rings. The van der Waals surface area contributed by atoms with Crippen LogP contribution in [-0.4, -0.2) is 21.2 Å². The van der Waals surface area contributed by atoms with Crippen LogP contribution in [-0.2, 0) is 0 Å². The van der Waals surface area contributed by atoms with E-state index >= 15 is 0 Å². The third kappa shape index (κ3) is 5.13. The standard InChI is InChI=1S/C18H25N3O2/c1-3-4-5-6-7-15(21-18(22)23)17-19-12-16(20-17)14-10-8-13(2)9-11-14/h8-12,15,21H,3-7H2,1-2H3,(H,19,20)(H,22,23)/t15-/m1/s1. The highest BCUT2D eigenvalue weighted by atomic mass is 16.4. The molecule has 2 aromatic rings. The van der Waals surface area contributed by atoms with E-state index in [9.17, 15) is 4.79 Å². The Hall–Kier alpha value is -2.30. The second-order valence-electron chi connectivity index (χ2n) is 5.89. The summed E-state index contributed by atoms with van der Waals surface area (Å²) in [6.07, 6.45) is 6.01. The Morgan fingerprint density at radius 2 is 2.00 bits per heavy atom. The van der Waals surface area contributed by atoms with E-state index in [1.807, 2.05) is 37.4 Å². The molecule has 1 amide bonds. The molecule has 0 bridgehead atoms. The van der Waals surface area contributed by atoms with Crippen molar-refractivity contribution in [1.29, 1.82) is 0 Å². The van der Waals surface area contributed by atoms with Gasteiger partial charge in [0.1, 0.15) is 5.82 Å². The average molecular weight is 315 g/mol. The van der Waals surface area contributed by atoms with Crippen LogP contribution in [0.2, 0.25) is 0 Å². The van der Waals surface area contributed by atoms with Gasteiger partial charge in [-0.25, -0.2) is 9.78 Å². The van der Waals surface area contributed by atoms with E-state index in [1.165, 1.54) is 12.0 Å². The van der Waals surface area contributed by atoms with Gasteiger partial charge in [0.05, 0.1) is 11.7 Å². The summed E-state index contributed by atoms with van der Waals surface area (Å²) >= 11 is 0. The summed E-state index contributed by atoms with van der Waals surface area (Å²) < 4.78 is 0. The van der Waals surface area contributed by atoms with Crippen molar-refractivity contribution in [2.24, 2.45) is 0 Å². The molecule has 0 spiro atoms. The highest BCUT2D eigenvalue weighted by Gasteiger charge is 2.17. The van der Waals surface area contributed by atoms with Crippen LogP contribution in [0.25, 0.3) is 11.3 Å². The number of aryl methyl sites for hydroxylation is 1. The molecule has 0 radical (unpaired) electrons. The summed E-state index contributed by atoms with van der Waals surface area (Å²) in [5, 5.41) is 11.6. The van der Waals surface area contributed by atoms with Crippen molar-refractivity contribution >= 4 is 6.09 Å². The smallest absolute Gasteiger partial charge is 0.405 e. The number of nitrogens with zero attached hydrogens (tertiary/aromatic N) is 1. The molecule has 5 heteroatoms. The highest BCUT2D eigenvalue weighted by molar-refractivity contribution is 5.65. The van der Waals surface area contributed by atoms with E-state index < -0.39 is 6.09 Å². The van der Waals surface area contributed by atoms with E-state index in [4.69, 9.17) is 5.11 Å². The number of nitrogens with one attached hydrogen (secondary N) is 2. The van der Waals surface area contributed by atoms with E-state index in [2.05, 4.69) is 22.2 Å². The first-order chi connectivity index (χ1) is 11.1. The van der Waals surface area contributed by atoms with Crippen molar-refractivity contribution in [3.63, 3.8) is 0 Å². The SMILES string of the molecule is CCCCCC[C@@H](NC(=O)O)c1nc(-c2ccc(C)cc2)c[nH]1. The zero-order valence-corrected chi connectivity index (χ0v) is 13.8. The van der Waals surface area contributed by atoms with Crippen LogP contribution >= 0.6 is 0 Å². The molecule has 5 nitrogen and oxygen atoms in total. The number of aromatic nitrogens is 2. The van der Waals surface area contributed by atoms with Gasteiger partial charge >= 0.3 is 6.09 Å². The molecule has 0 aliphatic carbocycles. The summed E-state index contributed by atoms with van der Waals surface area (Å²) in [6.45, 7) is 4.20. The van der Waals surface area contributed by atoms with Crippen LogP contribution < -0.4 is 5.32 Å². The summed E-state index contributed by atoms with van der Waals surface area (Å²) in [5.41, 5.74) is 3.06. The van der Waals surface area contributed by atoms with Crippen LogP contribution in [0.5, 0.6) is 0 Å². The maximum Gasteiger partial charge on any atom is 0.405 e. The first-order valence-electron chi connectivity index (χ1n) is 8.22. The number of hydrogen-bond donors (Lipinski definition) is 3. The van der Waals surface area contributed by atoms with Gasteiger partial charge in [0.2, 0.25) is 0 Å². The van der Waals surface area contributed by atoms with Crippen molar-refractivity contribution in [1.82, 2.24) is 15.3 Å². The minimum Gasteiger partial charge on any atom is -0.465 e. The molecule has 1 atom stereocenters. The molecule has 0 saturated carbocycles. The number of carbonyl (C=O) groups is 1. The molecular weight excluding hydrogens is 290 g/mol. The van der Waals surface area contributed by atoms with Gasteiger partial charge in [0.25, 0.3) is 0 Å². The summed E-state index contributed by atoms with van der Waals surface area (Å²) in [5.74, 6) is 0.680. The predicted molar refractivity (Wildman–Crippen MR) is 91.4 cm³/mol. The van der Waals surface area contributed by atoms with E-state index in [-0.39, 0.29) is 6.04 Å². The zero-order valence-electron chi connectivity index (χ0n) is 13.8. The molecule has 0 aliphatic heterocycles. The van der Waals surface area contributed by atoms with Crippen molar-refractivity contribution in [2.75, 3.05) is 0 Å². The minimum atomic E-state index is -1.02. The fraction of sp³-hybridized carbons (Fsp3) is 0.444. The van der Waals surface area contributed by atoms with Crippen LogP contribution in [0, 0.1) is 6.92 Å². The zero-order chi connectivity index (χ0) is 16.7. The first-order valence-corrected chi connectivity index (χ1v) is 8.22. The number of hydrogen-bond acceptors (Lipinski definition) is 2. The van der Waals surface area contributed by atoms with E-state index in [0.717, 1.165) is 36.9 Å². The molecule has 0 aliphatic rings. The summed E-state index contributed by atoms with van der Waals surface area (Å²) in [4.78, 5) is 18.7. The Labute approximate surface area is 137 Å². The second-order valence-corrected chi connectivity index (χ2v) is 5.89. The number of carboxylic acid groups (broad SMARTS) is 1. The number of imidazole rings is 1. The van der Waals surface area contributed by atoms with Gasteiger partial charge in [-0.2, -0.15) is 0 Å². The number of benzene rings is 1. The minimum absolute atomic E-state index is 0.288. The fourth-order valence-corrected chi connectivity index (χ4v) is 2.59. The molecule has 3 N–H and O–H groups in total. The Morgan fingerprint density at radius 1 is 1.26 bits per heavy atom. The van der Waals surface area contributed by atoms with Gasteiger partial charge in [-0.15, -0.1) is 0 Å². The van der Waals surface area contributed by atoms with Gasteiger partial charge in [-0.1, -0.05) is 62.4 Å². The quantitative estimate of drug-likeness (QED) is 0.620. The van der Waals surface area contributed by atoms with E-state index in [0.29, 0.717) is 5.82 Å².